The summed E-state index contributed by atoms with van der Waals surface area (Å²) in [5.74, 6) is 1.90. The van der Waals surface area contributed by atoms with Gasteiger partial charge in [0.15, 0.2) is 0 Å². The molecule has 0 spiro atoms. The van der Waals surface area contributed by atoms with Crippen molar-refractivity contribution in [2.75, 3.05) is 4.90 Å². The van der Waals surface area contributed by atoms with Crippen LogP contribution in [0.3, 0.4) is 0 Å². The molecule has 0 N–H and O–H groups in total. The van der Waals surface area contributed by atoms with E-state index >= 15 is 0 Å². The molecule has 10 aromatic rings. The van der Waals surface area contributed by atoms with Gasteiger partial charge in [0, 0.05) is 62.1 Å². The first-order chi connectivity index (χ1) is 33.4. The van der Waals surface area contributed by atoms with Crippen molar-refractivity contribution in [3.63, 3.8) is 0 Å². The molecular formula is C64H54BN3O. The number of benzene rings is 8. The van der Waals surface area contributed by atoms with Gasteiger partial charge in [0.1, 0.15) is 11.5 Å². The van der Waals surface area contributed by atoms with E-state index in [2.05, 4.69) is 239 Å². The van der Waals surface area contributed by atoms with E-state index in [1.165, 1.54) is 88.5 Å². The van der Waals surface area contributed by atoms with Crippen LogP contribution < -0.4 is 26.0 Å². The number of fused-ring (bicyclic) bond motifs is 11. The van der Waals surface area contributed by atoms with E-state index in [-0.39, 0.29) is 17.5 Å². The van der Waals surface area contributed by atoms with Gasteiger partial charge in [-0.3, -0.25) is 0 Å². The van der Waals surface area contributed by atoms with Gasteiger partial charge in [-0.25, -0.2) is 0 Å². The second-order valence-corrected chi connectivity index (χ2v) is 21.3. The largest absolute Gasteiger partial charge is 0.456 e. The third kappa shape index (κ3) is 6.02. The van der Waals surface area contributed by atoms with Gasteiger partial charge in [0.2, 0.25) is 0 Å². The number of allylic oxidation sites excluding steroid dienone is 1. The van der Waals surface area contributed by atoms with Gasteiger partial charge < -0.3 is 18.8 Å². The predicted octanol–water partition coefficient (Wildman–Crippen LogP) is 15.0. The van der Waals surface area contributed by atoms with Crippen molar-refractivity contribution in [3.8, 4) is 34.0 Å². The van der Waals surface area contributed by atoms with Crippen molar-refractivity contribution in [1.29, 1.82) is 0 Å². The number of anilines is 3. The molecule has 3 aliphatic rings. The predicted molar refractivity (Wildman–Crippen MR) is 294 cm³/mol. The fourth-order valence-electron chi connectivity index (χ4n) is 12.0. The zero-order valence-corrected chi connectivity index (χ0v) is 40.5. The van der Waals surface area contributed by atoms with Gasteiger partial charge in [-0.1, -0.05) is 157 Å². The third-order valence-electron chi connectivity index (χ3n) is 15.1. The average Bonchev–Trinajstić information content (AvgIpc) is 3.85. The summed E-state index contributed by atoms with van der Waals surface area (Å²) in [4.78, 5) is 2.57. The van der Waals surface area contributed by atoms with Crippen LogP contribution in [0.1, 0.15) is 82.0 Å². The molecule has 0 fully saturated rings. The molecule has 0 radical (unpaired) electrons. The fraction of sp³-hybridized carbons (Fsp3) is 0.156. The first-order valence-corrected chi connectivity index (χ1v) is 24.5. The normalized spacial score (nSPS) is 13.7. The molecule has 69 heavy (non-hydrogen) atoms. The Bertz CT molecular complexity index is 3840. The van der Waals surface area contributed by atoms with Crippen LogP contribution in [0.15, 0.2) is 170 Å². The van der Waals surface area contributed by atoms with Crippen LogP contribution in [0.5, 0.6) is 11.5 Å². The molecule has 0 saturated carbocycles. The number of hydrogen-bond acceptors (Lipinski definition) is 2. The number of aromatic nitrogens is 2. The molecule has 0 unspecified atom stereocenters. The Morgan fingerprint density at radius 2 is 1.33 bits per heavy atom. The summed E-state index contributed by atoms with van der Waals surface area (Å²) in [6.45, 7) is 20.6. The molecule has 0 saturated heterocycles. The standard InChI is InChI=1S/C64H54BN3O/c1-9-20-46-47-36-51-56(38-55(47)66(52(46)10-2)43-23-13-11-14-24-43)67(44-25-15-12-16-26-44)57-37-49(64(6,7)8)59-48-34-39(45-27-19-22-41-33-40-21-17-18-28-58(40)69-62(41)45)29-31-53(48)68-54-32-30-42(63(3,4)5)35-50(54)65(51)60(57)61(59)68/h9-32,34-38H,2,33H2,1,3-8H3/b20-9-. The fourth-order valence-corrected chi connectivity index (χ4v) is 12.0. The van der Waals surface area contributed by atoms with Gasteiger partial charge in [-0.15, -0.1) is 0 Å². The summed E-state index contributed by atoms with van der Waals surface area (Å²) >= 11 is 0. The average molecular weight is 892 g/mol. The number of ether oxygens (including phenoxy) is 1. The van der Waals surface area contributed by atoms with E-state index in [0.29, 0.717) is 0 Å². The number of nitrogens with zero attached hydrogens (tertiary/aromatic N) is 3. The van der Waals surface area contributed by atoms with E-state index in [0.717, 1.165) is 51.6 Å². The van der Waals surface area contributed by atoms with Crippen molar-refractivity contribution in [1.82, 2.24) is 9.13 Å². The van der Waals surface area contributed by atoms with E-state index in [4.69, 9.17) is 4.74 Å². The van der Waals surface area contributed by atoms with Crippen LogP contribution in [-0.4, -0.2) is 15.8 Å². The lowest BCUT2D eigenvalue weighted by molar-refractivity contribution is 0.462. The summed E-state index contributed by atoms with van der Waals surface area (Å²) in [5, 5.41) is 3.79. The molecule has 334 valence electrons. The van der Waals surface area contributed by atoms with Gasteiger partial charge in [0.05, 0.1) is 22.2 Å². The Hall–Kier alpha value is -7.76. The van der Waals surface area contributed by atoms with Crippen LogP contribution in [0.2, 0.25) is 0 Å². The van der Waals surface area contributed by atoms with Gasteiger partial charge in [0.25, 0.3) is 6.71 Å². The zero-order valence-electron chi connectivity index (χ0n) is 40.5. The van der Waals surface area contributed by atoms with E-state index in [1.54, 1.807) is 0 Å². The quantitative estimate of drug-likeness (QED) is 0.161. The van der Waals surface area contributed by atoms with Crippen LogP contribution in [0.25, 0.3) is 67.4 Å². The number of hydrogen-bond donors (Lipinski definition) is 0. The molecule has 0 atom stereocenters. The molecule has 0 aliphatic carbocycles. The van der Waals surface area contributed by atoms with E-state index in [9.17, 15) is 0 Å². The molecule has 5 heterocycles. The smallest absolute Gasteiger partial charge is 0.252 e. The highest BCUT2D eigenvalue weighted by Crippen LogP contribution is 2.50. The molecule has 13 rings (SSSR count). The summed E-state index contributed by atoms with van der Waals surface area (Å²) in [6.07, 6.45) is 7.30. The minimum absolute atomic E-state index is 0.0511. The zero-order chi connectivity index (χ0) is 47.1. The molecular weight excluding hydrogens is 838 g/mol. The maximum atomic E-state index is 6.79. The van der Waals surface area contributed by atoms with Crippen molar-refractivity contribution in [3.05, 3.63) is 204 Å². The lowest BCUT2D eigenvalue weighted by Crippen LogP contribution is -2.60. The van der Waals surface area contributed by atoms with Crippen LogP contribution in [0, 0.1) is 0 Å². The molecule has 5 heteroatoms. The summed E-state index contributed by atoms with van der Waals surface area (Å²) in [6, 6.07) is 58.9. The Balaban J connectivity index is 1.17. The highest BCUT2D eigenvalue weighted by Gasteiger charge is 2.45. The molecule has 0 bridgehead atoms. The minimum Gasteiger partial charge on any atom is -0.456 e. The Morgan fingerprint density at radius 3 is 2.07 bits per heavy atom. The second kappa shape index (κ2) is 14.9. The molecule has 8 aromatic carbocycles. The Kier molecular flexibility index (Phi) is 8.93. The van der Waals surface area contributed by atoms with Gasteiger partial charge in [-0.05, 0) is 129 Å². The van der Waals surface area contributed by atoms with E-state index in [1.807, 2.05) is 6.08 Å². The van der Waals surface area contributed by atoms with Gasteiger partial charge in [-0.2, -0.15) is 0 Å². The third-order valence-corrected chi connectivity index (χ3v) is 15.1. The maximum absolute atomic E-state index is 6.79. The number of para-hydroxylation sites is 4. The van der Waals surface area contributed by atoms with Crippen molar-refractivity contribution >= 4 is 85.0 Å². The monoisotopic (exact) mass is 891 g/mol. The molecule has 2 aromatic heterocycles. The first kappa shape index (κ1) is 41.4. The lowest BCUT2D eigenvalue weighted by atomic mass is 9.33. The van der Waals surface area contributed by atoms with Crippen LogP contribution >= 0.6 is 0 Å². The summed E-state index contributed by atoms with van der Waals surface area (Å²) in [5.41, 5.74) is 22.9. The lowest BCUT2D eigenvalue weighted by Gasteiger charge is -2.41. The molecule has 4 nitrogen and oxygen atoms in total. The van der Waals surface area contributed by atoms with Crippen molar-refractivity contribution < 1.29 is 4.74 Å². The summed E-state index contributed by atoms with van der Waals surface area (Å²) in [7, 11) is 0. The Morgan fingerprint density at radius 1 is 0.609 bits per heavy atom. The van der Waals surface area contributed by atoms with Crippen molar-refractivity contribution in [2.45, 2.75) is 65.7 Å². The second-order valence-electron chi connectivity index (χ2n) is 21.3. The number of rotatable bonds is 5. The highest BCUT2D eigenvalue weighted by molar-refractivity contribution is 7.00. The summed E-state index contributed by atoms with van der Waals surface area (Å²) < 4.78 is 11.8. The van der Waals surface area contributed by atoms with Gasteiger partial charge >= 0.3 is 0 Å². The van der Waals surface area contributed by atoms with E-state index < -0.39 is 0 Å². The van der Waals surface area contributed by atoms with Crippen LogP contribution in [-0.2, 0) is 17.3 Å². The topological polar surface area (TPSA) is 22.3 Å². The minimum atomic E-state index is -0.205. The van der Waals surface area contributed by atoms with Crippen molar-refractivity contribution in [2.24, 2.45) is 0 Å². The van der Waals surface area contributed by atoms with Crippen LogP contribution in [0.4, 0.5) is 17.1 Å². The SMILES string of the molecule is C=Cc1c(/C=C\C)c2cc3c(cc2n1-c1ccccc1)N(c1ccccc1)c1cc(C(C)(C)C)c2c4cc(-c5cccc6c5Oc5ccccc5C6)ccc4n4c2c1B3c1cc(C(C)(C)C)ccc1-4. The first-order valence-electron chi connectivity index (χ1n) is 24.5. The molecule has 0 amide bonds. The maximum Gasteiger partial charge on any atom is 0.252 e. The Labute approximate surface area is 405 Å². The highest BCUT2D eigenvalue weighted by atomic mass is 16.5. The molecule has 3 aliphatic heterocycles.